The molecule has 1 aliphatic rings. The van der Waals surface area contributed by atoms with E-state index in [2.05, 4.69) is 0 Å². The molecule has 1 heterocycles. The Morgan fingerprint density at radius 3 is 2.67 bits per heavy atom. The Balaban J connectivity index is 2.79. The first kappa shape index (κ1) is 17.9. The van der Waals surface area contributed by atoms with E-state index >= 15 is 0 Å². The molecule has 0 saturated carbocycles. The number of hydrogen-bond donors (Lipinski definition) is 1. The van der Waals surface area contributed by atoms with Gasteiger partial charge in [0.05, 0.1) is 18.5 Å². The van der Waals surface area contributed by atoms with Crippen LogP contribution in [-0.2, 0) is 9.47 Å². The van der Waals surface area contributed by atoms with Crippen LogP contribution in [-0.4, -0.2) is 41.5 Å². The zero-order chi connectivity index (χ0) is 16.3. The third kappa shape index (κ3) is 5.28. The Kier molecular flexibility index (Phi) is 5.75. The fourth-order valence-electron chi connectivity index (χ4n) is 2.24. The van der Waals surface area contributed by atoms with E-state index in [-0.39, 0.29) is 24.8 Å². The van der Waals surface area contributed by atoms with Crippen molar-refractivity contribution in [1.82, 2.24) is 4.90 Å². The van der Waals surface area contributed by atoms with E-state index in [0.717, 1.165) is 0 Å². The summed E-state index contributed by atoms with van der Waals surface area (Å²) in [5.41, 5.74) is 3.97. The molecule has 21 heavy (non-hydrogen) atoms. The van der Waals surface area contributed by atoms with Crippen molar-refractivity contribution in [3.8, 4) is 0 Å². The summed E-state index contributed by atoms with van der Waals surface area (Å²) in [4.78, 5) is 13.9. The molecule has 1 atom stereocenters. The van der Waals surface area contributed by atoms with Gasteiger partial charge in [-0.25, -0.2) is 9.18 Å². The normalized spacial score (nSPS) is 22.5. The van der Waals surface area contributed by atoms with E-state index < -0.39 is 17.4 Å². The molecule has 1 amide bonds. The highest BCUT2D eigenvalue weighted by Gasteiger charge is 2.45. The summed E-state index contributed by atoms with van der Waals surface area (Å²) in [6, 6.07) is -0.238. The van der Waals surface area contributed by atoms with Crippen LogP contribution in [0.2, 0.25) is 0 Å². The van der Waals surface area contributed by atoms with E-state index in [4.69, 9.17) is 15.2 Å². The molecule has 122 valence electrons. The highest BCUT2D eigenvalue weighted by Crippen LogP contribution is 2.31. The first-order chi connectivity index (χ1) is 9.57. The van der Waals surface area contributed by atoms with E-state index in [1.165, 1.54) is 6.08 Å². The van der Waals surface area contributed by atoms with Crippen LogP contribution in [0.15, 0.2) is 11.9 Å². The minimum Gasteiger partial charge on any atom is -0.444 e. The van der Waals surface area contributed by atoms with Crippen molar-refractivity contribution in [1.29, 1.82) is 0 Å². The van der Waals surface area contributed by atoms with Crippen molar-refractivity contribution in [2.75, 3.05) is 13.2 Å². The Morgan fingerprint density at radius 1 is 1.52 bits per heavy atom. The molecule has 2 N–H and O–H groups in total. The summed E-state index contributed by atoms with van der Waals surface area (Å²) in [5, 5.41) is 0. The summed E-state index contributed by atoms with van der Waals surface area (Å²) >= 11 is 0. The third-order valence-corrected chi connectivity index (χ3v) is 3.16. The van der Waals surface area contributed by atoms with Gasteiger partial charge in [0, 0.05) is 6.42 Å². The monoisotopic (exact) mass is 302 g/mol. The molecule has 5 nitrogen and oxygen atoms in total. The fourth-order valence-corrected chi connectivity index (χ4v) is 2.24. The van der Waals surface area contributed by atoms with Crippen molar-refractivity contribution < 1.29 is 18.7 Å². The van der Waals surface area contributed by atoms with Crippen LogP contribution in [0.5, 0.6) is 0 Å². The largest absolute Gasteiger partial charge is 0.444 e. The molecule has 6 heteroatoms. The number of carbonyl (C=O) groups is 1. The molecule has 0 aromatic carbocycles. The highest BCUT2D eigenvalue weighted by molar-refractivity contribution is 5.69. The van der Waals surface area contributed by atoms with Crippen molar-refractivity contribution in [2.45, 2.75) is 64.8 Å². The van der Waals surface area contributed by atoms with Gasteiger partial charge in [0.15, 0.2) is 0 Å². The molecule has 0 spiro atoms. The van der Waals surface area contributed by atoms with Crippen LogP contribution in [0, 0.1) is 0 Å². The van der Waals surface area contributed by atoms with Gasteiger partial charge < -0.3 is 15.2 Å². The van der Waals surface area contributed by atoms with Crippen LogP contribution >= 0.6 is 0 Å². The summed E-state index contributed by atoms with van der Waals surface area (Å²) in [6.07, 6.45) is 1.63. The molecule has 0 aromatic heterocycles. The lowest BCUT2D eigenvalue weighted by Crippen LogP contribution is -2.49. The Labute approximate surface area is 126 Å². The molecule has 0 aliphatic carbocycles. The zero-order valence-corrected chi connectivity index (χ0v) is 13.6. The fraction of sp³-hybridized carbons (Fsp3) is 0.800. The smallest absolute Gasteiger partial charge is 0.412 e. The van der Waals surface area contributed by atoms with Gasteiger partial charge in [-0.1, -0.05) is 6.08 Å². The van der Waals surface area contributed by atoms with Crippen LogP contribution < -0.4 is 5.73 Å². The van der Waals surface area contributed by atoms with E-state index in [9.17, 15) is 9.18 Å². The van der Waals surface area contributed by atoms with Crippen LogP contribution in [0.25, 0.3) is 0 Å². The summed E-state index contributed by atoms with van der Waals surface area (Å²) < 4.78 is 24.5. The number of nitrogens with zero attached hydrogens (tertiary/aromatic N) is 1. The molecule has 0 aromatic rings. The van der Waals surface area contributed by atoms with Crippen molar-refractivity contribution in [2.24, 2.45) is 5.73 Å². The van der Waals surface area contributed by atoms with Crippen molar-refractivity contribution in [3.05, 3.63) is 11.9 Å². The molecule has 0 bridgehead atoms. The molecule has 0 radical (unpaired) electrons. The van der Waals surface area contributed by atoms with Crippen molar-refractivity contribution >= 4 is 6.09 Å². The topological polar surface area (TPSA) is 64.8 Å². The number of amides is 1. The SMILES string of the molecule is CC(C)(C)OC(=O)N1[C@@H](C/C=C(/F)CCN)COC1(C)C. The van der Waals surface area contributed by atoms with Crippen molar-refractivity contribution in [3.63, 3.8) is 0 Å². The molecule has 1 saturated heterocycles. The quantitative estimate of drug-likeness (QED) is 0.867. The van der Waals surface area contributed by atoms with Crippen LogP contribution in [0.4, 0.5) is 9.18 Å². The maximum Gasteiger partial charge on any atom is 0.412 e. The maximum atomic E-state index is 13.5. The Bertz CT molecular complexity index is 402. The minimum atomic E-state index is -0.759. The van der Waals surface area contributed by atoms with Crippen LogP contribution in [0.1, 0.15) is 47.5 Å². The second-order valence-corrected chi connectivity index (χ2v) is 6.69. The lowest BCUT2D eigenvalue weighted by molar-refractivity contribution is -0.0623. The lowest BCUT2D eigenvalue weighted by atomic mass is 10.1. The van der Waals surface area contributed by atoms with Gasteiger partial charge in [0.25, 0.3) is 0 Å². The number of hydrogen-bond acceptors (Lipinski definition) is 4. The average molecular weight is 302 g/mol. The highest BCUT2D eigenvalue weighted by atomic mass is 19.1. The number of nitrogens with two attached hydrogens (primary N) is 1. The second-order valence-electron chi connectivity index (χ2n) is 6.69. The first-order valence-electron chi connectivity index (χ1n) is 7.27. The van der Waals surface area contributed by atoms with E-state index in [0.29, 0.717) is 13.0 Å². The molecular weight excluding hydrogens is 275 g/mol. The van der Waals surface area contributed by atoms with Gasteiger partial charge >= 0.3 is 6.09 Å². The van der Waals surface area contributed by atoms with Gasteiger partial charge in [0.1, 0.15) is 11.3 Å². The van der Waals surface area contributed by atoms with E-state index in [1.54, 1.807) is 18.7 Å². The number of ether oxygens (including phenoxy) is 2. The summed E-state index contributed by atoms with van der Waals surface area (Å²) in [7, 11) is 0. The third-order valence-electron chi connectivity index (χ3n) is 3.16. The molecule has 1 aliphatic heterocycles. The molecule has 1 rings (SSSR count). The molecule has 1 fully saturated rings. The van der Waals surface area contributed by atoms with Gasteiger partial charge in [-0.2, -0.15) is 0 Å². The lowest BCUT2D eigenvalue weighted by Gasteiger charge is -2.34. The minimum absolute atomic E-state index is 0.212. The number of carbonyl (C=O) groups excluding carboxylic acids is 1. The van der Waals surface area contributed by atoms with Gasteiger partial charge in [-0.15, -0.1) is 0 Å². The van der Waals surface area contributed by atoms with Gasteiger partial charge in [0.2, 0.25) is 0 Å². The Morgan fingerprint density at radius 2 is 2.14 bits per heavy atom. The molecular formula is C15H27FN2O3. The molecule has 0 unspecified atom stereocenters. The Hall–Kier alpha value is -1.14. The van der Waals surface area contributed by atoms with Gasteiger partial charge in [-0.3, -0.25) is 4.90 Å². The summed E-state index contributed by atoms with van der Waals surface area (Å²) in [6.45, 7) is 9.66. The predicted molar refractivity (Wildman–Crippen MR) is 79.4 cm³/mol. The second kappa shape index (κ2) is 6.75. The number of rotatable bonds is 4. The van der Waals surface area contributed by atoms with Crippen LogP contribution in [0.3, 0.4) is 0 Å². The predicted octanol–water partition coefficient (Wildman–Crippen LogP) is 2.95. The maximum absolute atomic E-state index is 13.5. The zero-order valence-electron chi connectivity index (χ0n) is 13.6. The van der Waals surface area contributed by atoms with Gasteiger partial charge in [-0.05, 0) is 47.6 Å². The number of halogens is 1. The first-order valence-corrected chi connectivity index (χ1v) is 7.27. The van der Waals surface area contributed by atoms with E-state index in [1.807, 2.05) is 20.8 Å². The summed E-state index contributed by atoms with van der Waals surface area (Å²) in [5.74, 6) is -0.258. The average Bonchev–Trinajstić information content (AvgIpc) is 2.60. The standard InChI is InChI=1S/C15H27FN2O3/c1-14(2,3)21-13(19)18-12(10-20-15(18,4)5)7-6-11(16)8-9-17/h6,12H,7-10,17H2,1-5H3/b11-6+/t12-/m0/s1.